The molecule has 0 aromatic heterocycles. The van der Waals surface area contributed by atoms with Gasteiger partial charge in [-0.25, -0.2) is 0 Å². The number of hydrogen-bond acceptors (Lipinski definition) is 3. The predicted molar refractivity (Wildman–Crippen MR) is 112 cm³/mol. The van der Waals surface area contributed by atoms with Gasteiger partial charge >= 0.3 is 5.97 Å². The lowest BCUT2D eigenvalue weighted by molar-refractivity contribution is -0.143. The number of carboxylic acid groups (broad SMARTS) is 1. The molecule has 5 nitrogen and oxygen atoms in total. The van der Waals surface area contributed by atoms with Crippen LogP contribution in [0.15, 0.2) is 60.7 Å². The van der Waals surface area contributed by atoms with Crippen LogP contribution in [0.3, 0.4) is 0 Å². The first-order valence-corrected chi connectivity index (χ1v) is 10.5. The van der Waals surface area contributed by atoms with Crippen LogP contribution < -0.4 is 5.32 Å². The number of nitrogens with zero attached hydrogens (tertiary/aromatic N) is 1. The van der Waals surface area contributed by atoms with E-state index >= 15 is 0 Å². The van der Waals surface area contributed by atoms with Crippen LogP contribution in [0.2, 0.25) is 0 Å². The third-order valence-electron chi connectivity index (χ3n) is 6.48. The Morgan fingerprint density at radius 1 is 1.00 bits per heavy atom. The summed E-state index contributed by atoms with van der Waals surface area (Å²) < 4.78 is 0. The van der Waals surface area contributed by atoms with Gasteiger partial charge in [-0.05, 0) is 36.8 Å². The van der Waals surface area contributed by atoms with Gasteiger partial charge in [-0.15, -0.1) is 0 Å². The topological polar surface area (TPSA) is 69.6 Å². The van der Waals surface area contributed by atoms with E-state index in [-0.39, 0.29) is 29.8 Å². The first-order valence-electron chi connectivity index (χ1n) is 10.5. The number of hydrogen-bond donors (Lipinski definition) is 2. The van der Waals surface area contributed by atoms with Crippen molar-refractivity contribution in [2.45, 2.75) is 43.7 Å². The molecule has 0 radical (unpaired) electrons. The molecule has 29 heavy (non-hydrogen) atoms. The first kappa shape index (κ1) is 19.6. The molecule has 2 aliphatic heterocycles. The molecule has 2 aromatic rings. The van der Waals surface area contributed by atoms with Crippen molar-refractivity contribution in [2.75, 3.05) is 13.1 Å². The van der Waals surface area contributed by atoms with Crippen LogP contribution in [0.5, 0.6) is 0 Å². The number of aliphatic carboxylic acids is 1. The molecule has 2 aliphatic rings. The Morgan fingerprint density at radius 2 is 1.62 bits per heavy atom. The van der Waals surface area contributed by atoms with Crippen LogP contribution in [-0.2, 0) is 9.59 Å². The Hall–Kier alpha value is -2.66. The zero-order valence-corrected chi connectivity index (χ0v) is 16.5. The number of rotatable bonds is 8. The maximum atomic E-state index is 12.5. The van der Waals surface area contributed by atoms with Gasteiger partial charge in [0.25, 0.3) is 0 Å². The van der Waals surface area contributed by atoms with Gasteiger partial charge in [0.2, 0.25) is 5.91 Å². The fourth-order valence-corrected chi connectivity index (χ4v) is 5.09. The molecule has 4 rings (SSSR count). The normalized spacial score (nSPS) is 23.4. The number of carbonyl (C=O) groups excluding carboxylic acids is 1. The van der Waals surface area contributed by atoms with Crippen molar-refractivity contribution in [3.8, 4) is 0 Å². The lowest BCUT2D eigenvalue weighted by atomic mass is 9.88. The van der Waals surface area contributed by atoms with Gasteiger partial charge in [0.15, 0.2) is 0 Å². The van der Waals surface area contributed by atoms with Crippen LogP contribution in [0, 0.1) is 5.92 Å². The third kappa shape index (κ3) is 4.35. The van der Waals surface area contributed by atoms with Crippen molar-refractivity contribution < 1.29 is 14.7 Å². The van der Waals surface area contributed by atoms with Gasteiger partial charge < -0.3 is 10.4 Å². The smallest absolute Gasteiger partial charge is 0.308 e. The Morgan fingerprint density at radius 3 is 2.17 bits per heavy atom. The highest BCUT2D eigenvalue weighted by molar-refractivity contribution is 5.78. The molecule has 2 saturated heterocycles. The molecule has 0 spiro atoms. The molecule has 2 aromatic carbocycles. The highest BCUT2D eigenvalue weighted by Gasteiger charge is 2.49. The molecule has 1 amide bonds. The van der Waals surface area contributed by atoms with Gasteiger partial charge in [-0.1, -0.05) is 60.7 Å². The van der Waals surface area contributed by atoms with E-state index < -0.39 is 5.97 Å². The highest BCUT2D eigenvalue weighted by Crippen LogP contribution is 2.41. The van der Waals surface area contributed by atoms with E-state index in [9.17, 15) is 14.7 Å². The van der Waals surface area contributed by atoms with E-state index in [1.165, 1.54) is 11.1 Å². The van der Waals surface area contributed by atoms with Crippen LogP contribution in [0.4, 0.5) is 0 Å². The molecule has 3 unspecified atom stereocenters. The zero-order chi connectivity index (χ0) is 20.2. The summed E-state index contributed by atoms with van der Waals surface area (Å²) in [7, 11) is 0. The minimum absolute atomic E-state index is 0.00666. The summed E-state index contributed by atoms with van der Waals surface area (Å²) >= 11 is 0. The molecule has 5 heteroatoms. The Balaban J connectivity index is 1.33. The van der Waals surface area contributed by atoms with Gasteiger partial charge in [0.1, 0.15) is 0 Å². The van der Waals surface area contributed by atoms with Gasteiger partial charge in [0.05, 0.1) is 12.5 Å². The number of nitrogens with one attached hydrogen (secondary N) is 1. The minimum atomic E-state index is -0.726. The lowest BCUT2D eigenvalue weighted by Crippen LogP contribution is -2.41. The molecule has 2 heterocycles. The maximum absolute atomic E-state index is 12.5. The Bertz CT molecular complexity index is 800. The summed E-state index contributed by atoms with van der Waals surface area (Å²) in [5.41, 5.74) is 2.49. The fourth-order valence-electron chi connectivity index (χ4n) is 5.09. The second kappa shape index (κ2) is 8.78. The second-order valence-corrected chi connectivity index (χ2v) is 8.16. The summed E-state index contributed by atoms with van der Waals surface area (Å²) in [5.74, 6) is -0.817. The van der Waals surface area contributed by atoms with Crippen molar-refractivity contribution >= 4 is 11.9 Å². The number of fused-ring (bicyclic) bond motifs is 2. The van der Waals surface area contributed by atoms with Crippen molar-refractivity contribution in [2.24, 2.45) is 5.92 Å². The van der Waals surface area contributed by atoms with E-state index in [1.807, 2.05) is 36.4 Å². The largest absolute Gasteiger partial charge is 0.481 e. The van der Waals surface area contributed by atoms with Crippen molar-refractivity contribution in [1.29, 1.82) is 0 Å². The molecule has 2 fully saturated rings. The van der Waals surface area contributed by atoms with Gasteiger partial charge in [0, 0.05) is 24.5 Å². The number of carbonyl (C=O) groups is 2. The summed E-state index contributed by atoms with van der Waals surface area (Å²) in [6.45, 7) is 0.902. The first-order chi connectivity index (χ1) is 14.1. The lowest BCUT2D eigenvalue weighted by Gasteiger charge is -2.23. The van der Waals surface area contributed by atoms with E-state index in [1.54, 1.807) is 0 Å². The highest BCUT2D eigenvalue weighted by atomic mass is 16.4. The van der Waals surface area contributed by atoms with Crippen LogP contribution in [0.1, 0.15) is 42.7 Å². The average Bonchev–Trinajstić information content (AvgIpc) is 3.29. The van der Waals surface area contributed by atoms with Gasteiger partial charge in [-0.2, -0.15) is 0 Å². The zero-order valence-electron chi connectivity index (χ0n) is 16.5. The van der Waals surface area contributed by atoms with Crippen molar-refractivity contribution in [1.82, 2.24) is 10.2 Å². The standard InChI is InChI=1S/C24H28N2O3/c27-23(16-26-19-11-12-22(26)21(15-19)24(28)29)25-14-13-20(17-7-3-1-4-8-17)18-9-5-2-6-10-18/h1-10,19-22H,11-16H2,(H,25,27)(H,28,29). The van der Waals surface area contributed by atoms with E-state index in [0.29, 0.717) is 19.5 Å². The number of benzene rings is 2. The molecule has 152 valence electrons. The SMILES string of the molecule is O=C(CN1C2CCC1C(C(=O)O)C2)NCCC(c1ccccc1)c1ccccc1. The van der Waals surface area contributed by atoms with Crippen molar-refractivity contribution in [3.63, 3.8) is 0 Å². The molecule has 2 N–H and O–H groups in total. The summed E-state index contributed by atoms with van der Waals surface area (Å²) in [5, 5.41) is 12.4. The van der Waals surface area contributed by atoms with Crippen LogP contribution in [-0.4, -0.2) is 47.1 Å². The quantitative estimate of drug-likeness (QED) is 0.723. The summed E-state index contributed by atoms with van der Waals surface area (Å²) in [6.07, 6.45) is 3.40. The minimum Gasteiger partial charge on any atom is -0.481 e. The van der Waals surface area contributed by atoms with E-state index in [0.717, 1.165) is 19.3 Å². The Labute approximate surface area is 171 Å². The molecule has 0 saturated carbocycles. The van der Waals surface area contributed by atoms with Crippen LogP contribution in [0.25, 0.3) is 0 Å². The number of amides is 1. The molecule has 3 atom stereocenters. The molecular weight excluding hydrogens is 364 g/mol. The maximum Gasteiger partial charge on any atom is 0.308 e. The van der Waals surface area contributed by atoms with E-state index in [4.69, 9.17) is 0 Å². The van der Waals surface area contributed by atoms with Gasteiger partial charge in [-0.3, -0.25) is 14.5 Å². The predicted octanol–water partition coefficient (Wildman–Crippen LogP) is 3.26. The molecule has 0 aliphatic carbocycles. The van der Waals surface area contributed by atoms with Crippen LogP contribution >= 0.6 is 0 Å². The van der Waals surface area contributed by atoms with E-state index in [2.05, 4.69) is 34.5 Å². The second-order valence-electron chi connectivity index (χ2n) is 8.16. The number of carboxylic acids is 1. The van der Waals surface area contributed by atoms with Crippen molar-refractivity contribution in [3.05, 3.63) is 71.8 Å². The molecule has 2 bridgehead atoms. The Kier molecular flexibility index (Phi) is 5.95. The summed E-state index contributed by atoms with van der Waals surface area (Å²) in [4.78, 5) is 26.1. The fraction of sp³-hybridized carbons (Fsp3) is 0.417. The summed E-state index contributed by atoms with van der Waals surface area (Å²) in [6, 6.07) is 21.0. The third-order valence-corrected chi connectivity index (χ3v) is 6.48. The molecular formula is C24H28N2O3. The monoisotopic (exact) mass is 392 g/mol. The average molecular weight is 392 g/mol.